The molecule has 1 aliphatic heterocycles. The van der Waals surface area contributed by atoms with Gasteiger partial charge in [0.2, 0.25) is 0 Å². The Labute approximate surface area is 108 Å². The second-order valence-corrected chi connectivity index (χ2v) is 5.99. The summed E-state index contributed by atoms with van der Waals surface area (Å²) in [4.78, 5) is 4.55. The van der Waals surface area contributed by atoms with Crippen LogP contribution in [-0.4, -0.2) is 30.3 Å². The highest BCUT2D eigenvalue weighted by atomic mass is 32.1. The molecule has 1 aliphatic rings. The summed E-state index contributed by atoms with van der Waals surface area (Å²) in [5, 5.41) is 6.73. The van der Waals surface area contributed by atoms with Crippen molar-refractivity contribution in [2.24, 2.45) is 0 Å². The number of thiazole rings is 1. The summed E-state index contributed by atoms with van der Waals surface area (Å²) in [7, 11) is 2.02. The predicted octanol–water partition coefficient (Wildman–Crippen LogP) is 2.54. The minimum atomic E-state index is -0.0351. The maximum atomic E-state index is 6.01. The van der Waals surface area contributed by atoms with E-state index in [9.17, 15) is 0 Å². The van der Waals surface area contributed by atoms with E-state index in [1.54, 1.807) is 11.3 Å². The average Bonchev–Trinajstić information content (AvgIpc) is 2.72. The van der Waals surface area contributed by atoms with Gasteiger partial charge >= 0.3 is 0 Å². The molecule has 4 heteroatoms. The lowest BCUT2D eigenvalue weighted by atomic mass is 9.86. The van der Waals surface area contributed by atoms with Crippen molar-refractivity contribution in [2.45, 2.75) is 51.2 Å². The number of hydrogen-bond donors (Lipinski definition) is 1. The van der Waals surface area contributed by atoms with Gasteiger partial charge in [-0.15, -0.1) is 11.3 Å². The van der Waals surface area contributed by atoms with E-state index in [1.165, 1.54) is 17.8 Å². The number of nitrogens with zero attached hydrogens (tertiary/aromatic N) is 1. The van der Waals surface area contributed by atoms with Gasteiger partial charge < -0.3 is 10.1 Å². The number of aromatic nitrogens is 1. The fraction of sp³-hybridized carbons (Fsp3) is 0.769. The van der Waals surface area contributed by atoms with E-state index in [2.05, 4.69) is 22.6 Å². The lowest BCUT2D eigenvalue weighted by Gasteiger charge is -2.40. The standard InChI is InChI=1S/C13H22N2OS/c1-10-9-17-12(15-10)8-11(14-3)13(2)6-4-5-7-16-13/h9,11,14H,4-8H2,1-3H3. The van der Waals surface area contributed by atoms with Gasteiger partial charge in [-0.25, -0.2) is 4.98 Å². The molecule has 1 aromatic rings. The van der Waals surface area contributed by atoms with E-state index in [0.717, 1.165) is 25.1 Å². The van der Waals surface area contributed by atoms with Crippen LogP contribution in [-0.2, 0) is 11.2 Å². The summed E-state index contributed by atoms with van der Waals surface area (Å²) in [6.45, 7) is 5.17. The first kappa shape index (κ1) is 13.0. The third-order valence-electron chi connectivity index (χ3n) is 3.63. The van der Waals surface area contributed by atoms with Crippen LogP contribution in [0.25, 0.3) is 0 Å². The smallest absolute Gasteiger partial charge is 0.0944 e. The number of hydrogen-bond acceptors (Lipinski definition) is 4. The van der Waals surface area contributed by atoms with E-state index in [4.69, 9.17) is 4.74 Å². The Bertz CT molecular complexity index is 358. The Kier molecular flexibility index (Phi) is 4.17. The molecule has 0 radical (unpaired) electrons. The molecule has 2 heterocycles. The summed E-state index contributed by atoms with van der Waals surface area (Å²) < 4.78 is 6.01. The van der Waals surface area contributed by atoms with Crippen LogP contribution in [0.3, 0.4) is 0 Å². The zero-order chi connectivity index (χ0) is 12.3. The van der Waals surface area contributed by atoms with Gasteiger partial charge in [-0.1, -0.05) is 0 Å². The van der Waals surface area contributed by atoms with Gasteiger partial charge in [0.1, 0.15) is 0 Å². The number of nitrogens with one attached hydrogen (secondary N) is 1. The first-order valence-corrected chi connectivity index (χ1v) is 7.24. The van der Waals surface area contributed by atoms with E-state index in [1.807, 2.05) is 14.0 Å². The van der Waals surface area contributed by atoms with Crippen molar-refractivity contribution in [1.82, 2.24) is 10.3 Å². The summed E-state index contributed by atoms with van der Waals surface area (Å²) >= 11 is 1.75. The molecule has 0 saturated carbocycles. The van der Waals surface area contributed by atoms with Gasteiger partial charge in [0, 0.05) is 30.1 Å². The van der Waals surface area contributed by atoms with Crippen LogP contribution < -0.4 is 5.32 Å². The third kappa shape index (κ3) is 3.06. The van der Waals surface area contributed by atoms with Crippen molar-refractivity contribution in [3.63, 3.8) is 0 Å². The van der Waals surface area contributed by atoms with Crippen LogP contribution in [0.1, 0.15) is 36.9 Å². The van der Waals surface area contributed by atoms with Gasteiger partial charge in [0.05, 0.1) is 10.6 Å². The first-order valence-electron chi connectivity index (χ1n) is 6.36. The quantitative estimate of drug-likeness (QED) is 0.896. The highest BCUT2D eigenvalue weighted by Gasteiger charge is 2.36. The molecule has 0 spiro atoms. The molecular formula is C13H22N2OS. The molecular weight excluding hydrogens is 232 g/mol. The normalized spacial score (nSPS) is 27.0. The van der Waals surface area contributed by atoms with E-state index in [-0.39, 0.29) is 5.60 Å². The minimum absolute atomic E-state index is 0.0351. The molecule has 0 aromatic carbocycles. The third-order valence-corrected chi connectivity index (χ3v) is 4.62. The Morgan fingerprint density at radius 3 is 2.94 bits per heavy atom. The zero-order valence-corrected chi connectivity index (χ0v) is 11.8. The van der Waals surface area contributed by atoms with Gasteiger partial charge in [0.15, 0.2) is 0 Å². The Balaban J connectivity index is 2.05. The molecule has 1 N–H and O–H groups in total. The second-order valence-electron chi connectivity index (χ2n) is 5.05. The van der Waals surface area contributed by atoms with Gasteiger partial charge in [-0.2, -0.15) is 0 Å². The van der Waals surface area contributed by atoms with Crippen LogP contribution in [0.4, 0.5) is 0 Å². The molecule has 0 bridgehead atoms. The molecule has 96 valence electrons. The van der Waals surface area contributed by atoms with Crippen molar-refractivity contribution >= 4 is 11.3 Å². The highest BCUT2D eigenvalue weighted by molar-refractivity contribution is 7.09. The minimum Gasteiger partial charge on any atom is -0.374 e. The molecule has 0 aliphatic carbocycles. The lowest BCUT2D eigenvalue weighted by Crippen LogP contribution is -2.52. The number of aryl methyl sites for hydroxylation is 1. The lowest BCUT2D eigenvalue weighted by molar-refractivity contribution is -0.0870. The second kappa shape index (κ2) is 5.46. The molecule has 2 rings (SSSR count). The summed E-state index contributed by atoms with van der Waals surface area (Å²) in [5.41, 5.74) is 1.08. The van der Waals surface area contributed by atoms with E-state index in [0.29, 0.717) is 6.04 Å². The molecule has 1 aromatic heterocycles. The van der Waals surface area contributed by atoms with Crippen molar-refractivity contribution in [3.05, 3.63) is 16.1 Å². The van der Waals surface area contributed by atoms with Crippen molar-refractivity contribution in [3.8, 4) is 0 Å². The largest absolute Gasteiger partial charge is 0.374 e. The number of rotatable bonds is 4. The SMILES string of the molecule is CNC(Cc1nc(C)cs1)C1(C)CCCCO1. The number of likely N-dealkylation sites (N-methyl/N-ethyl adjacent to an activating group) is 1. The maximum absolute atomic E-state index is 6.01. The van der Waals surface area contributed by atoms with Crippen molar-refractivity contribution in [1.29, 1.82) is 0 Å². The molecule has 3 nitrogen and oxygen atoms in total. The molecule has 17 heavy (non-hydrogen) atoms. The molecule has 1 saturated heterocycles. The monoisotopic (exact) mass is 254 g/mol. The van der Waals surface area contributed by atoms with Gasteiger partial charge in [-0.3, -0.25) is 0 Å². The molecule has 2 unspecified atom stereocenters. The summed E-state index contributed by atoms with van der Waals surface area (Å²) in [5.74, 6) is 0. The molecule has 1 fully saturated rings. The van der Waals surface area contributed by atoms with E-state index >= 15 is 0 Å². The molecule has 2 atom stereocenters. The van der Waals surface area contributed by atoms with Crippen LogP contribution in [0, 0.1) is 6.92 Å². The summed E-state index contributed by atoms with van der Waals surface area (Å²) in [6, 6.07) is 0.355. The first-order chi connectivity index (χ1) is 8.14. The van der Waals surface area contributed by atoms with Crippen LogP contribution >= 0.6 is 11.3 Å². The van der Waals surface area contributed by atoms with Crippen LogP contribution in [0.5, 0.6) is 0 Å². The van der Waals surface area contributed by atoms with E-state index < -0.39 is 0 Å². The zero-order valence-electron chi connectivity index (χ0n) is 11.0. The van der Waals surface area contributed by atoms with Gasteiger partial charge in [0.25, 0.3) is 0 Å². The Hall–Kier alpha value is -0.450. The fourth-order valence-corrected chi connectivity index (χ4v) is 3.34. The highest BCUT2D eigenvalue weighted by Crippen LogP contribution is 2.29. The Morgan fingerprint density at radius 2 is 2.41 bits per heavy atom. The van der Waals surface area contributed by atoms with Gasteiger partial charge in [-0.05, 0) is 40.2 Å². The number of ether oxygens (including phenoxy) is 1. The Morgan fingerprint density at radius 1 is 1.59 bits per heavy atom. The van der Waals surface area contributed by atoms with Crippen LogP contribution in [0.2, 0.25) is 0 Å². The maximum Gasteiger partial charge on any atom is 0.0944 e. The topological polar surface area (TPSA) is 34.2 Å². The van der Waals surface area contributed by atoms with Crippen molar-refractivity contribution < 1.29 is 4.74 Å². The summed E-state index contributed by atoms with van der Waals surface area (Å²) in [6.07, 6.45) is 4.57. The van der Waals surface area contributed by atoms with Crippen molar-refractivity contribution in [2.75, 3.05) is 13.7 Å². The molecule has 0 amide bonds. The predicted molar refractivity (Wildman–Crippen MR) is 71.6 cm³/mol. The van der Waals surface area contributed by atoms with Crippen LogP contribution in [0.15, 0.2) is 5.38 Å². The average molecular weight is 254 g/mol. The fourth-order valence-electron chi connectivity index (χ4n) is 2.52.